The summed E-state index contributed by atoms with van der Waals surface area (Å²) in [7, 11) is 0. The number of aliphatic hydroxyl groups is 1. The van der Waals surface area contributed by atoms with Crippen molar-refractivity contribution in [2.75, 3.05) is 37.6 Å². The zero-order valence-corrected chi connectivity index (χ0v) is 26.0. The molecule has 2 aliphatic heterocycles. The predicted molar refractivity (Wildman–Crippen MR) is 172 cm³/mol. The molecule has 2 N–H and O–H groups in total. The lowest BCUT2D eigenvalue weighted by atomic mass is 10.00. The molecule has 10 heteroatoms. The highest BCUT2D eigenvalue weighted by Crippen LogP contribution is 2.38. The van der Waals surface area contributed by atoms with Crippen LogP contribution in [0.2, 0.25) is 0 Å². The molecule has 3 heterocycles. The Morgan fingerprint density at radius 1 is 0.977 bits per heavy atom. The van der Waals surface area contributed by atoms with Gasteiger partial charge in [-0.25, -0.2) is 0 Å². The van der Waals surface area contributed by atoms with Crippen molar-refractivity contribution in [3.63, 3.8) is 0 Å². The number of unbranched alkanes of at least 4 members (excludes halogenated alkanes) is 6. The zero-order chi connectivity index (χ0) is 31.1. The molecule has 3 atom stereocenters. The fourth-order valence-electron chi connectivity index (χ4n) is 6.80. The Morgan fingerprint density at radius 3 is 2.25 bits per heavy atom. The van der Waals surface area contributed by atoms with Crippen molar-refractivity contribution in [1.82, 2.24) is 14.8 Å². The first-order valence-corrected chi connectivity index (χ1v) is 16.2. The lowest BCUT2D eigenvalue weighted by Gasteiger charge is -2.35. The average Bonchev–Trinajstić information content (AvgIpc) is 3.36. The number of aliphatic hydroxyl groups excluding tert-OH is 1. The minimum atomic E-state index is -4.63. The van der Waals surface area contributed by atoms with Crippen LogP contribution in [0.3, 0.4) is 0 Å². The smallest absolute Gasteiger partial charge is 0.391 e. The number of anilines is 1. The summed E-state index contributed by atoms with van der Waals surface area (Å²) in [5.41, 5.74) is -0.911. The quantitative estimate of drug-likeness (QED) is 0.240. The van der Waals surface area contributed by atoms with Crippen LogP contribution in [-0.2, 0) is 11.0 Å². The summed E-state index contributed by atoms with van der Waals surface area (Å²) in [6, 6.07) is 5.35. The number of carbonyl (C=O) groups excluding carboxylic acids is 1. The third kappa shape index (κ3) is 9.22. The van der Waals surface area contributed by atoms with Gasteiger partial charge in [0, 0.05) is 60.8 Å². The van der Waals surface area contributed by atoms with Gasteiger partial charge in [0.15, 0.2) is 0 Å². The number of hydrogen-bond donors (Lipinski definition) is 2. The van der Waals surface area contributed by atoms with Gasteiger partial charge in [-0.15, -0.1) is 0 Å². The van der Waals surface area contributed by atoms with Gasteiger partial charge in [0.05, 0.1) is 17.7 Å². The first kappa shape index (κ1) is 35.9. The van der Waals surface area contributed by atoms with Crippen LogP contribution in [0.25, 0.3) is 10.9 Å². The fraction of sp³-hybridized carbons (Fsp3) is 0.706. The molecule has 248 valence electrons. The Labute approximate surface area is 260 Å². The highest BCUT2D eigenvalue weighted by Gasteiger charge is 2.37. The summed E-state index contributed by atoms with van der Waals surface area (Å²) >= 11 is 0. The van der Waals surface area contributed by atoms with E-state index < -0.39 is 23.4 Å². The Morgan fingerprint density at radius 2 is 1.61 bits per heavy atom. The van der Waals surface area contributed by atoms with Crippen LogP contribution in [0.15, 0.2) is 29.1 Å². The number of alkyl halides is 3. The van der Waals surface area contributed by atoms with Gasteiger partial charge in [0.25, 0.3) is 0 Å². The number of nitrogens with one attached hydrogen (secondary N) is 1. The van der Waals surface area contributed by atoms with Gasteiger partial charge in [-0.05, 0) is 57.4 Å². The van der Waals surface area contributed by atoms with Crippen molar-refractivity contribution in [2.24, 2.45) is 5.92 Å². The minimum Gasteiger partial charge on any atom is -0.391 e. The number of benzene rings is 1. The number of pyridine rings is 1. The molecule has 1 aromatic heterocycles. The normalized spacial score (nSPS) is 20.4. The number of H-pyrrole nitrogens is 1. The molecule has 2 aliphatic rings. The summed E-state index contributed by atoms with van der Waals surface area (Å²) in [6.45, 7) is 10.7. The Balaban J connectivity index is 0.00000529. The van der Waals surface area contributed by atoms with E-state index in [1.165, 1.54) is 37.8 Å². The third-order valence-electron chi connectivity index (χ3n) is 9.24. The van der Waals surface area contributed by atoms with Gasteiger partial charge in [0.1, 0.15) is 0 Å². The van der Waals surface area contributed by atoms with E-state index in [1.807, 2.05) is 25.7 Å². The van der Waals surface area contributed by atoms with Crippen molar-refractivity contribution in [2.45, 2.75) is 117 Å². The third-order valence-corrected chi connectivity index (χ3v) is 9.24. The van der Waals surface area contributed by atoms with E-state index in [0.717, 1.165) is 64.8 Å². The molecule has 0 aliphatic carbocycles. The lowest BCUT2D eigenvalue weighted by Crippen LogP contribution is -2.49. The van der Waals surface area contributed by atoms with Gasteiger partial charge >= 0.3 is 6.18 Å². The Kier molecular flexibility index (Phi) is 13.1. The van der Waals surface area contributed by atoms with Crippen molar-refractivity contribution < 1.29 is 23.1 Å². The van der Waals surface area contributed by atoms with Crippen LogP contribution in [0.4, 0.5) is 18.9 Å². The van der Waals surface area contributed by atoms with Crippen LogP contribution < -0.4 is 10.5 Å². The molecule has 1 unspecified atom stereocenters. The SMILES string of the molecule is C.CC(C)C(=O)N1CCN(CCCCCCCCCC(O)[C@H]2CC[C@@H](C)N2c2ccc3[nH]c(=O)cc(C(F)(F)F)c3c2)CC1. The van der Waals surface area contributed by atoms with Crippen molar-refractivity contribution in [3.05, 3.63) is 40.2 Å². The molecule has 2 aromatic rings. The van der Waals surface area contributed by atoms with E-state index >= 15 is 0 Å². The van der Waals surface area contributed by atoms with Crippen LogP contribution in [-0.4, -0.2) is 76.7 Å². The molecule has 2 fully saturated rings. The number of amides is 1. The molecule has 44 heavy (non-hydrogen) atoms. The fourth-order valence-corrected chi connectivity index (χ4v) is 6.80. The molecule has 2 saturated heterocycles. The molecule has 0 radical (unpaired) electrons. The molecule has 0 bridgehead atoms. The van der Waals surface area contributed by atoms with Crippen molar-refractivity contribution >= 4 is 22.5 Å². The average molecular weight is 623 g/mol. The molecule has 1 aromatic carbocycles. The number of fused-ring (bicyclic) bond motifs is 1. The number of nitrogens with zero attached hydrogens (tertiary/aromatic N) is 3. The molecule has 0 saturated carbocycles. The Bertz CT molecular complexity index is 1260. The maximum absolute atomic E-state index is 13.7. The summed E-state index contributed by atoms with van der Waals surface area (Å²) in [5.74, 6) is 0.328. The van der Waals surface area contributed by atoms with Crippen LogP contribution >= 0.6 is 0 Å². The molecule has 4 rings (SSSR count). The monoisotopic (exact) mass is 622 g/mol. The topological polar surface area (TPSA) is 79.9 Å². The van der Waals surface area contributed by atoms with E-state index in [1.54, 1.807) is 6.07 Å². The second-order valence-corrected chi connectivity index (χ2v) is 12.8. The van der Waals surface area contributed by atoms with Crippen molar-refractivity contribution in [3.8, 4) is 0 Å². The van der Waals surface area contributed by atoms with E-state index in [0.29, 0.717) is 18.2 Å². The highest BCUT2D eigenvalue weighted by atomic mass is 19.4. The maximum atomic E-state index is 13.7. The summed E-state index contributed by atoms with van der Waals surface area (Å²) < 4.78 is 41.1. The highest BCUT2D eigenvalue weighted by molar-refractivity contribution is 5.86. The van der Waals surface area contributed by atoms with E-state index in [-0.39, 0.29) is 42.2 Å². The number of halogens is 3. The molecular formula is C34H53F3N4O3. The Hall–Kier alpha value is -2.59. The zero-order valence-electron chi connectivity index (χ0n) is 26.0. The van der Waals surface area contributed by atoms with Crippen LogP contribution in [0, 0.1) is 5.92 Å². The largest absolute Gasteiger partial charge is 0.417 e. The van der Waals surface area contributed by atoms with E-state index in [2.05, 4.69) is 14.8 Å². The van der Waals surface area contributed by atoms with Gasteiger partial charge in [-0.2, -0.15) is 13.2 Å². The number of rotatable bonds is 13. The number of aromatic nitrogens is 1. The van der Waals surface area contributed by atoms with Crippen LogP contribution in [0.1, 0.15) is 98.0 Å². The van der Waals surface area contributed by atoms with Gasteiger partial charge in [0.2, 0.25) is 11.5 Å². The second kappa shape index (κ2) is 16.1. The number of hydrogen-bond acceptors (Lipinski definition) is 5. The number of piperazine rings is 1. The first-order chi connectivity index (χ1) is 20.5. The second-order valence-electron chi connectivity index (χ2n) is 12.8. The minimum absolute atomic E-state index is 0. The van der Waals surface area contributed by atoms with Gasteiger partial charge < -0.3 is 19.9 Å². The first-order valence-electron chi connectivity index (χ1n) is 16.2. The van der Waals surface area contributed by atoms with Crippen molar-refractivity contribution in [1.29, 1.82) is 0 Å². The van der Waals surface area contributed by atoms with E-state index in [4.69, 9.17) is 0 Å². The predicted octanol–water partition coefficient (Wildman–Crippen LogP) is 6.82. The molecule has 0 spiro atoms. The number of aromatic amines is 1. The maximum Gasteiger partial charge on any atom is 0.417 e. The summed E-state index contributed by atoms with van der Waals surface area (Å²) in [5, 5.41) is 11.1. The molecule has 7 nitrogen and oxygen atoms in total. The van der Waals surface area contributed by atoms with Gasteiger partial charge in [-0.3, -0.25) is 14.5 Å². The molecular weight excluding hydrogens is 569 g/mol. The number of carbonyl (C=O) groups is 1. The lowest BCUT2D eigenvalue weighted by molar-refractivity contribution is -0.137. The molecule has 1 amide bonds. The van der Waals surface area contributed by atoms with Gasteiger partial charge in [-0.1, -0.05) is 59.8 Å². The van der Waals surface area contributed by atoms with E-state index in [9.17, 15) is 27.9 Å². The van der Waals surface area contributed by atoms with Crippen LogP contribution in [0.5, 0.6) is 0 Å². The summed E-state index contributed by atoms with van der Waals surface area (Å²) in [4.78, 5) is 33.0. The standard InChI is InChI=1S/C33H49F3N4O3.CH4/c1-23(2)32(43)39-19-17-38(18-20-39)16-10-8-6-4-5-7-9-11-30(41)29-15-12-24(3)40(29)25-13-14-28-26(21-25)27(33(34,35)36)22-31(42)37-28;/h13-14,21-24,29-30,41H,4-12,15-20H2,1-3H3,(H,37,42);1H4/t24-,29-,30?;/m1./s1. The summed E-state index contributed by atoms with van der Waals surface area (Å²) in [6.07, 6.45) is 5.05.